The second-order valence-corrected chi connectivity index (χ2v) is 13.1. The largest absolute Gasteiger partial charge is 0.383 e. The summed E-state index contributed by atoms with van der Waals surface area (Å²) in [6, 6.07) is 39.5. The summed E-state index contributed by atoms with van der Waals surface area (Å²) in [6.07, 6.45) is -1.53. The topological polar surface area (TPSA) is 136 Å². The normalized spacial score (nSPS) is 23.4. The number of aliphatic hydroxyl groups is 1. The maximum Gasteiger partial charge on any atom is 0.168 e. The number of imidazole rings is 1. The number of hydrogen-bond acceptors (Lipinski definition) is 10. The lowest BCUT2D eigenvalue weighted by molar-refractivity contribution is -0.219. The van der Waals surface area contributed by atoms with Crippen molar-refractivity contribution in [3.63, 3.8) is 0 Å². The molecule has 6 aromatic rings. The van der Waals surface area contributed by atoms with Crippen molar-refractivity contribution in [1.82, 2.24) is 19.5 Å². The van der Waals surface area contributed by atoms with Crippen molar-refractivity contribution in [3.8, 4) is 0 Å². The molecule has 3 N–H and O–H groups in total. The zero-order valence-corrected chi connectivity index (χ0v) is 29.0. The fourth-order valence-electron chi connectivity index (χ4n) is 6.57. The standard InChI is InChI=1S/C41H43N5O6/c1-41(47)37(51-25-32-20-12-5-13-21-32)36(50-24-31-18-10-4-11-19-31)35(49-23-30-16-8-3-9-17-30)33(26-48-22-29-14-6-2-7-15-29)52-40(41)46-28-45-34-38(42)43-27-44-39(34)46/h2-21,27-28,33,35-37,40,47H,22-26H2,1H3,(H2,42,43,44)/t33-,35+,36+,37-,40-,41+/m1/s1. The van der Waals surface area contributed by atoms with Crippen LogP contribution in [0.25, 0.3) is 11.2 Å². The summed E-state index contributed by atoms with van der Waals surface area (Å²) in [5.41, 5.74) is 9.11. The van der Waals surface area contributed by atoms with Crippen LogP contribution in [0.4, 0.5) is 5.82 Å². The predicted octanol–water partition coefficient (Wildman–Crippen LogP) is 6.03. The molecule has 6 atom stereocenters. The summed E-state index contributed by atoms with van der Waals surface area (Å²) in [5, 5.41) is 12.9. The number of nitrogens with zero attached hydrogens (tertiary/aromatic N) is 4. The molecule has 2 aromatic heterocycles. The van der Waals surface area contributed by atoms with E-state index in [0.717, 1.165) is 22.3 Å². The van der Waals surface area contributed by atoms with Gasteiger partial charge in [-0.1, -0.05) is 121 Å². The summed E-state index contributed by atoms with van der Waals surface area (Å²) in [4.78, 5) is 13.1. The molecular weight excluding hydrogens is 658 g/mol. The van der Waals surface area contributed by atoms with Crippen LogP contribution < -0.4 is 5.73 Å². The van der Waals surface area contributed by atoms with Gasteiger partial charge in [0.2, 0.25) is 0 Å². The van der Waals surface area contributed by atoms with E-state index < -0.39 is 36.2 Å². The van der Waals surface area contributed by atoms with E-state index in [-0.39, 0.29) is 32.2 Å². The van der Waals surface area contributed by atoms with E-state index >= 15 is 0 Å². The van der Waals surface area contributed by atoms with Crippen LogP contribution in [0.15, 0.2) is 134 Å². The Morgan fingerprint density at radius 1 is 0.673 bits per heavy atom. The molecule has 268 valence electrons. The minimum absolute atomic E-state index is 0.112. The van der Waals surface area contributed by atoms with Gasteiger partial charge < -0.3 is 34.5 Å². The van der Waals surface area contributed by atoms with Gasteiger partial charge in [-0.25, -0.2) is 15.0 Å². The molecule has 0 spiro atoms. The highest BCUT2D eigenvalue weighted by Crippen LogP contribution is 2.41. The molecule has 1 fully saturated rings. The van der Waals surface area contributed by atoms with Crippen LogP contribution in [0.3, 0.4) is 0 Å². The highest BCUT2D eigenvalue weighted by atomic mass is 16.6. The van der Waals surface area contributed by atoms with Crippen molar-refractivity contribution in [2.45, 2.75) is 69.6 Å². The lowest BCUT2D eigenvalue weighted by atomic mass is 9.89. The smallest absolute Gasteiger partial charge is 0.168 e. The molecular formula is C41H43N5O6. The molecule has 7 rings (SSSR count). The van der Waals surface area contributed by atoms with Crippen molar-refractivity contribution in [2.75, 3.05) is 12.3 Å². The molecule has 0 amide bonds. The number of anilines is 1. The number of rotatable bonds is 14. The van der Waals surface area contributed by atoms with E-state index in [9.17, 15) is 5.11 Å². The molecule has 1 aliphatic heterocycles. The summed E-state index contributed by atoms with van der Waals surface area (Å²) in [5.74, 6) is 0.213. The zero-order valence-electron chi connectivity index (χ0n) is 29.0. The predicted molar refractivity (Wildman–Crippen MR) is 195 cm³/mol. The molecule has 52 heavy (non-hydrogen) atoms. The Morgan fingerprint density at radius 2 is 1.17 bits per heavy atom. The van der Waals surface area contributed by atoms with Gasteiger partial charge in [0.15, 0.2) is 17.7 Å². The summed E-state index contributed by atoms with van der Waals surface area (Å²) in [6.45, 7) is 2.82. The highest BCUT2D eigenvalue weighted by molar-refractivity contribution is 5.81. The van der Waals surface area contributed by atoms with Crippen molar-refractivity contribution < 1.29 is 28.8 Å². The number of nitrogen functional groups attached to an aromatic ring is 1. The molecule has 0 unspecified atom stereocenters. The van der Waals surface area contributed by atoms with Gasteiger partial charge in [0.25, 0.3) is 0 Å². The lowest BCUT2D eigenvalue weighted by Gasteiger charge is -2.40. The molecule has 0 bridgehead atoms. The van der Waals surface area contributed by atoms with E-state index in [2.05, 4.69) is 15.0 Å². The first-order chi connectivity index (χ1) is 25.5. The van der Waals surface area contributed by atoms with Crippen molar-refractivity contribution in [1.29, 1.82) is 0 Å². The Labute approximate surface area is 302 Å². The molecule has 1 aliphatic rings. The van der Waals surface area contributed by atoms with Gasteiger partial charge in [-0.2, -0.15) is 0 Å². The van der Waals surface area contributed by atoms with Gasteiger partial charge in [-0.15, -0.1) is 0 Å². The quantitative estimate of drug-likeness (QED) is 0.139. The molecule has 4 aromatic carbocycles. The average molecular weight is 702 g/mol. The van der Waals surface area contributed by atoms with Crippen molar-refractivity contribution >= 4 is 17.0 Å². The third-order valence-corrected chi connectivity index (χ3v) is 9.24. The van der Waals surface area contributed by atoms with Crippen LogP contribution in [0.1, 0.15) is 35.4 Å². The Morgan fingerprint density at radius 3 is 1.73 bits per heavy atom. The monoisotopic (exact) mass is 701 g/mol. The number of fused-ring (bicyclic) bond motifs is 1. The summed E-state index contributed by atoms with van der Waals surface area (Å²) >= 11 is 0. The number of aromatic nitrogens is 4. The number of ether oxygens (including phenoxy) is 5. The third-order valence-electron chi connectivity index (χ3n) is 9.24. The first kappa shape index (κ1) is 35.4. The maximum atomic E-state index is 12.9. The second kappa shape index (κ2) is 16.6. The zero-order chi connectivity index (χ0) is 35.8. The van der Waals surface area contributed by atoms with Gasteiger partial charge in [0.1, 0.15) is 41.9 Å². The Balaban J connectivity index is 1.32. The first-order valence-corrected chi connectivity index (χ1v) is 17.4. The van der Waals surface area contributed by atoms with Crippen LogP contribution in [-0.2, 0) is 50.1 Å². The maximum absolute atomic E-state index is 12.9. The van der Waals surface area contributed by atoms with E-state index in [0.29, 0.717) is 17.8 Å². The van der Waals surface area contributed by atoms with E-state index in [4.69, 9.17) is 29.4 Å². The molecule has 0 aliphatic carbocycles. The molecule has 1 saturated heterocycles. The number of benzene rings is 4. The van der Waals surface area contributed by atoms with Gasteiger partial charge in [0, 0.05) is 0 Å². The molecule has 0 saturated carbocycles. The SMILES string of the molecule is C[C@]1(O)[C@H](OCc2ccccc2)[C@@H](OCc2ccccc2)[C@@H](OCc2ccccc2)[C@@H](COCc2ccccc2)O[C@H]1n1cnc2c(N)ncnc21. The number of nitrogens with two attached hydrogens (primary N) is 1. The van der Waals surface area contributed by atoms with Crippen LogP contribution in [0.5, 0.6) is 0 Å². The highest BCUT2D eigenvalue weighted by Gasteiger charge is 2.56. The molecule has 11 heteroatoms. The fourth-order valence-corrected chi connectivity index (χ4v) is 6.57. The van der Waals surface area contributed by atoms with Crippen LogP contribution in [-0.4, -0.2) is 61.2 Å². The molecule has 3 heterocycles. The minimum Gasteiger partial charge on any atom is -0.383 e. The van der Waals surface area contributed by atoms with Gasteiger partial charge >= 0.3 is 0 Å². The van der Waals surface area contributed by atoms with Gasteiger partial charge in [-0.3, -0.25) is 4.57 Å². The Hall–Kier alpha value is -5.01. The Bertz CT molecular complexity index is 1980. The third kappa shape index (κ3) is 8.21. The fraction of sp³-hybridized carbons (Fsp3) is 0.293. The van der Waals surface area contributed by atoms with Crippen LogP contribution in [0, 0.1) is 0 Å². The van der Waals surface area contributed by atoms with E-state index in [1.54, 1.807) is 17.8 Å². The van der Waals surface area contributed by atoms with Crippen molar-refractivity contribution in [2.24, 2.45) is 0 Å². The van der Waals surface area contributed by atoms with Gasteiger partial charge in [-0.05, 0) is 29.2 Å². The number of hydrogen-bond donors (Lipinski definition) is 2. The van der Waals surface area contributed by atoms with E-state index in [1.165, 1.54) is 6.33 Å². The van der Waals surface area contributed by atoms with Crippen LogP contribution >= 0.6 is 0 Å². The molecule has 11 nitrogen and oxygen atoms in total. The second-order valence-electron chi connectivity index (χ2n) is 13.1. The van der Waals surface area contributed by atoms with E-state index in [1.807, 2.05) is 121 Å². The average Bonchev–Trinajstić information content (AvgIpc) is 3.58. The summed E-state index contributed by atoms with van der Waals surface area (Å²) in [7, 11) is 0. The summed E-state index contributed by atoms with van der Waals surface area (Å²) < 4.78 is 35.4. The minimum atomic E-state index is -1.74. The molecule has 0 radical (unpaired) electrons. The van der Waals surface area contributed by atoms with Crippen LogP contribution in [0.2, 0.25) is 0 Å². The lowest BCUT2D eigenvalue weighted by Crippen LogP contribution is -2.56. The van der Waals surface area contributed by atoms with Crippen molar-refractivity contribution in [3.05, 3.63) is 156 Å². The Kier molecular flexibility index (Phi) is 11.3. The first-order valence-electron chi connectivity index (χ1n) is 17.4. The van der Waals surface area contributed by atoms with Gasteiger partial charge in [0.05, 0.1) is 39.4 Å².